The van der Waals surface area contributed by atoms with Crippen molar-refractivity contribution in [3.63, 3.8) is 0 Å². The summed E-state index contributed by atoms with van der Waals surface area (Å²) in [5, 5.41) is 4.43. The van der Waals surface area contributed by atoms with Gasteiger partial charge < -0.3 is 0 Å². The zero-order valence-electron chi connectivity index (χ0n) is 12.2. The maximum absolute atomic E-state index is 13.8. The Labute approximate surface area is 122 Å². The lowest BCUT2D eigenvalue weighted by atomic mass is 10.0. The number of hydrazine groups is 1. The minimum Gasteiger partial charge on any atom is -0.271 e. The summed E-state index contributed by atoms with van der Waals surface area (Å²) in [5.74, 6) is 4.24. The van der Waals surface area contributed by atoms with Gasteiger partial charge in [-0.1, -0.05) is 13.0 Å². The molecule has 0 aliphatic carbocycles. The van der Waals surface area contributed by atoms with E-state index >= 15 is 0 Å². The van der Waals surface area contributed by atoms with Crippen LogP contribution in [0.25, 0.3) is 0 Å². The molecule has 0 spiro atoms. The van der Waals surface area contributed by atoms with Gasteiger partial charge in [0.15, 0.2) is 0 Å². The first kappa shape index (κ1) is 15.6. The van der Waals surface area contributed by atoms with E-state index in [4.69, 9.17) is 5.84 Å². The minimum absolute atomic E-state index is 0.0573. The van der Waals surface area contributed by atoms with Crippen LogP contribution in [0.2, 0.25) is 0 Å². The van der Waals surface area contributed by atoms with E-state index in [1.165, 1.54) is 18.2 Å². The van der Waals surface area contributed by atoms with E-state index < -0.39 is 17.7 Å². The topological polar surface area (TPSA) is 55.9 Å². The maximum Gasteiger partial charge on any atom is 0.130 e. The van der Waals surface area contributed by atoms with Gasteiger partial charge in [-0.05, 0) is 31.5 Å². The zero-order valence-corrected chi connectivity index (χ0v) is 12.2. The highest BCUT2D eigenvalue weighted by Gasteiger charge is 2.20. The largest absolute Gasteiger partial charge is 0.271 e. The Kier molecular flexibility index (Phi) is 5.03. The van der Waals surface area contributed by atoms with Crippen LogP contribution in [0.3, 0.4) is 0 Å². The van der Waals surface area contributed by atoms with Gasteiger partial charge in [0.2, 0.25) is 0 Å². The zero-order chi connectivity index (χ0) is 15.4. The fourth-order valence-electron chi connectivity index (χ4n) is 2.22. The molecule has 1 aromatic carbocycles. The van der Waals surface area contributed by atoms with Gasteiger partial charge in [-0.15, -0.1) is 0 Å². The minimum atomic E-state index is -0.661. The van der Waals surface area contributed by atoms with E-state index in [1.807, 2.05) is 16.9 Å². The van der Waals surface area contributed by atoms with Crippen LogP contribution in [0.15, 0.2) is 30.5 Å². The summed E-state index contributed by atoms with van der Waals surface area (Å²) in [6.07, 6.45) is 3.15. The number of rotatable bonds is 6. The molecule has 0 amide bonds. The van der Waals surface area contributed by atoms with Crippen LogP contribution in [0.5, 0.6) is 0 Å². The van der Waals surface area contributed by atoms with Gasteiger partial charge in [-0.2, -0.15) is 5.10 Å². The number of nitrogens with zero attached hydrogens (tertiary/aromatic N) is 2. The monoisotopic (exact) mass is 294 g/mol. The van der Waals surface area contributed by atoms with Gasteiger partial charge in [0.25, 0.3) is 0 Å². The molecule has 2 aromatic rings. The molecule has 4 nitrogen and oxygen atoms in total. The summed E-state index contributed by atoms with van der Waals surface area (Å²) in [6.45, 7) is 4.14. The number of hydrogen-bond acceptors (Lipinski definition) is 3. The molecule has 2 unspecified atom stereocenters. The van der Waals surface area contributed by atoms with Gasteiger partial charge in [0.1, 0.15) is 11.6 Å². The fraction of sp³-hybridized carbons (Fsp3) is 0.400. The number of benzene rings is 1. The molecule has 6 heteroatoms. The van der Waals surface area contributed by atoms with Crippen LogP contribution in [-0.2, 0) is 6.42 Å². The number of nitrogens with two attached hydrogens (primary N) is 1. The van der Waals surface area contributed by atoms with Crippen molar-refractivity contribution in [2.75, 3.05) is 0 Å². The Hall–Kier alpha value is -1.79. The molecule has 1 aromatic heterocycles. The summed E-state index contributed by atoms with van der Waals surface area (Å²) in [7, 11) is 0. The van der Waals surface area contributed by atoms with Crippen LogP contribution in [-0.4, -0.2) is 9.78 Å². The van der Waals surface area contributed by atoms with Gasteiger partial charge >= 0.3 is 0 Å². The first-order valence-corrected chi connectivity index (χ1v) is 7.00. The number of nitrogens with one attached hydrogen (secondary N) is 1. The van der Waals surface area contributed by atoms with Gasteiger partial charge in [0.05, 0.1) is 11.7 Å². The molecule has 0 bridgehead atoms. The van der Waals surface area contributed by atoms with Crippen molar-refractivity contribution in [3.05, 3.63) is 53.4 Å². The first-order valence-electron chi connectivity index (χ1n) is 7.00. The molecular formula is C15H20F2N4. The van der Waals surface area contributed by atoms with Crippen molar-refractivity contribution in [1.29, 1.82) is 0 Å². The van der Waals surface area contributed by atoms with E-state index in [1.54, 1.807) is 0 Å². The van der Waals surface area contributed by atoms with Crippen LogP contribution in [0.1, 0.15) is 43.6 Å². The second-order valence-electron chi connectivity index (χ2n) is 5.10. The van der Waals surface area contributed by atoms with Crippen molar-refractivity contribution in [1.82, 2.24) is 15.2 Å². The number of aromatic nitrogens is 2. The Morgan fingerprint density at radius 3 is 2.52 bits per heavy atom. The smallest absolute Gasteiger partial charge is 0.130 e. The molecule has 2 rings (SSSR count). The highest BCUT2D eigenvalue weighted by atomic mass is 19.1. The molecule has 0 aliphatic heterocycles. The van der Waals surface area contributed by atoms with E-state index in [0.717, 1.165) is 12.1 Å². The highest BCUT2D eigenvalue weighted by molar-refractivity contribution is 5.24. The Bertz CT molecular complexity index is 577. The van der Waals surface area contributed by atoms with Crippen LogP contribution in [0, 0.1) is 11.6 Å². The lowest BCUT2D eigenvalue weighted by molar-refractivity contribution is 0.453. The van der Waals surface area contributed by atoms with E-state index in [9.17, 15) is 8.78 Å². The third-order valence-corrected chi connectivity index (χ3v) is 3.67. The van der Waals surface area contributed by atoms with Gasteiger partial charge in [-0.3, -0.25) is 16.0 Å². The average Bonchev–Trinajstić information content (AvgIpc) is 2.93. The third kappa shape index (κ3) is 3.46. The Balaban J connectivity index is 2.21. The van der Waals surface area contributed by atoms with Crippen molar-refractivity contribution in [3.8, 4) is 0 Å². The molecule has 0 saturated carbocycles. The third-order valence-electron chi connectivity index (χ3n) is 3.67. The lowest BCUT2D eigenvalue weighted by Crippen LogP contribution is -2.31. The van der Waals surface area contributed by atoms with E-state index in [2.05, 4.69) is 24.4 Å². The lowest BCUT2D eigenvalue weighted by Gasteiger charge is -2.16. The highest BCUT2D eigenvalue weighted by Crippen LogP contribution is 2.23. The quantitative estimate of drug-likeness (QED) is 0.636. The van der Waals surface area contributed by atoms with Crippen molar-refractivity contribution < 1.29 is 8.78 Å². The standard InChI is InChI=1S/C15H20F2N4/c1-3-10(2)21-8-7-11(20-21)9-14(19-18)15-12(16)5-4-6-13(15)17/h4-8,10,14,19H,3,9,18H2,1-2H3. The van der Waals surface area contributed by atoms with Crippen LogP contribution < -0.4 is 11.3 Å². The predicted octanol–water partition coefficient (Wildman–Crippen LogP) is 2.88. The second-order valence-corrected chi connectivity index (χ2v) is 5.10. The molecule has 2 atom stereocenters. The maximum atomic E-state index is 13.8. The Morgan fingerprint density at radius 1 is 1.29 bits per heavy atom. The summed E-state index contributed by atoms with van der Waals surface area (Å²) in [6, 6.07) is 5.25. The molecule has 21 heavy (non-hydrogen) atoms. The van der Waals surface area contributed by atoms with Crippen molar-refractivity contribution in [2.45, 2.75) is 38.8 Å². The Morgan fingerprint density at radius 2 is 1.95 bits per heavy atom. The van der Waals surface area contributed by atoms with E-state index in [-0.39, 0.29) is 11.6 Å². The summed E-state index contributed by atoms with van der Waals surface area (Å²) in [5.41, 5.74) is 3.15. The fourth-order valence-corrected chi connectivity index (χ4v) is 2.22. The average molecular weight is 294 g/mol. The van der Waals surface area contributed by atoms with Crippen molar-refractivity contribution >= 4 is 0 Å². The summed E-state index contributed by atoms with van der Waals surface area (Å²) < 4.78 is 29.5. The van der Waals surface area contributed by atoms with Gasteiger partial charge in [-0.25, -0.2) is 8.78 Å². The van der Waals surface area contributed by atoms with Gasteiger partial charge in [0, 0.05) is 24.2 Å². The normalized spacial score (nSPS) is 14.1. The number of hydrogen-bond donors (Lipinski definition) is 2. The molecule has 114 valence electrons. The summed E-state index contributed by atoms with van der Waals surface area (Å²) in [4.78, 5) is 0. The van der Waals surface area contributed by atoms with Crippen LogP contribution in [0.4, 0.5) is 8.78 Å². The molecular weight excluding hydrogens is 274 g/mol. The molecule has 0 saturated heterocycles. The molecule has 0 radical (unpaired) electrons. The van der Waals surface area contributed by atoms with E-state index in [0.29, 0.717) is 6.42 Å². The second kappa shape index (κ2) is 6.78. The molecule has 1 heterocycles. The first-order chi connectivity index (χ1) is 10.1. The van der Waals surface area contributed by atoms with Crippen molar-refractivity contribution in [2.24, 2.45) is 5.84 Å². The molecule has 0 fully saturated rings. The molecule has 0 aliphatic rings. The van der Waals surface area contributed by atoms with Crippen LogP contribution >= 0.6 is 0 Å². The molecule has 3 N–H and O–H groups in total. The SMILES string of the molecule is CCC(C)n1ccc(CC(NN)c2c(F)cccc2F)n1. The predicted molar refractivity (Wildman–Crippen MR) is 77.4 cm³/mol. The summed E-state index contributed by atoms with van der Waals surface area (Å²) >= 11 is 0. The number of halogens is 2.